The number of carbonyl (C=O) groups is 2. The number of unbranched alkanes of at least 4 members (excludes halogenated alkanes) is 14. The van der Waals surface area contributed by atoms with Crippen LogP contribution in [0.15, 0.2) is 40.9 Å². The Morgan fingerprint density at radius 3 is 1.84 bits per heavy atom. The van der Waals surface area contributed by atoms with E-state index < -0.39 is 32.5 Å². The number of phosphoric acid groups is 1. The Morgan fingerprint density at radius 2 is 1.22 bits per heavy atom. The molecule has 0 amide bonds. The van der Waals surface area contributed by atoms with E-state index in [0.29, 0.717) is 36.1 Å². The van der Waals surface area contributed by atoms with Crippen LogP contribution in [0.3, 0.4) is 0 Å². The van der Waals surface area contributed by atoms with Gasteiger partial charge in [0, 0.05) is 25.7 Å². The second-order valence-corrected chi connectivity index (χ2v) is 20.2. The summed E-state index contributed by atoms with van der Waals surface area (Å²) >= 11 is 0. The highest BCUT2D eigenvalue weighted by Crippen LogP contribution is 2.38. The first-order chi connectivity index (χ1) is 30.7. The first kappa shape index (κ1) is 57.6. The van der Waals surface area contributed by atoms with Gasteiger partial charge in [0.15, 0.2) is 6.10 Å². The number of rotatable bonds is 41. The van der Waals surface area contributed by atoms with Gasteiger partial charge in [0.25, 0.3) is 7.82 Å². The molecule has 0 aromatic carbocycles. The maximum absolute atomic E-state index is 12.8. The molecule has 1 aromatic heterocycles. The minimum atomic E-state index is -4.66. The Hall–Kier alpha value is -2.53. The van der Waals surface area contributed by atoms with Crippen LogP contribution in [0.25, 0.3) is 0 Å². The second-order valence-electron chi connectivity index (χ2n) is 18.8. The molecule has 0 radical (unpaired) electrons. The molecule has 1 saturated heterocycles. The molecule has 3 unspecified atom stereocenters. The molecule has 1 aliphatic rings. The Bertz CT molecular complexity index is 1530. The number of furan rings is 1. The summed E-state index contributed by atoms with van der Waals surface area (Å²) in [5.41, 5.74) is 2.68. The lowest BCUT2D eigenvalue weighted by Crippen LogP contribution is -2.37. The van der Waals surface area contributed by atoms with Crippen molar-refractivity contribution in [1.82, 2.24) is 0 Å². The van der Waals surface area contributed by atoms with E-state index in [4.69, 9.17) is 27.7 Å². The molecular formula is C52H90NO10P. The third-order valence-electron chi connectivity index (χ3n) is 11.8. The highest BCUT2D eigenvalue weighted by Gasteiger charge is 2.36. The molecule has 0 N–H and O–H groups in total. The fraction of sp³-hybridized carbons (Fsp3) is 0.769. The van der Waals surface area contributed by atoms with E-state index in [1.54, 1.807) is 0 Å². The number of epoxide rings is 1. The van der Waals surface area contributed by atoms with Gasteiger partial charge in [-0.05, 0) is 82.8 Å². The monoisotopic (exact) mass is 920 g/mol. The maximum atomic E-state index is 12.8. The van der Waals surface area contributed by atoms with E-state index in [1.165, 1.54) is 106 Å². The summed E-state index contributed by atoms with van der Waals surface area (Å²) < 4.78 is 46.0. The molecule has 12 heteroatoms. The first-order valence-electron chi connectivity index (χ1n) is 25.2. The van der Waals surface area contributed by atoms with Crippen LogP contribution in [0.4, 0.5) is 0 Å². The van der Waals surface area contributed by atoms with E-state index in [1.807, 2.05) is 21.1 Å². The third-order valence-corrected chi connectivity index (χ3v) is 12.8. The van der Waals surface area contributed by atoms with Gasteiger partial charge >= 0.3 is 11.9 Å². The van der Waals surface area contributed by atoms with Crippen molar-refractivity contribution in [1.29, 1.82) is 0 Å². The quantitative estimate of drug-likeness (QED) is 0.0156. The Kier molecular flexibility index (Phi) is 31.3. The number of carbonyl (C=O) groups excluding carboxylic acids is 2. The summed E-state index contributed by atoms with van der Waals surface area (Å²) in [5.74, 6) is 1.45. The summed E-state index contributed by atoms with van der Waals surface area (Å²) in [4.78, 5) is 37.8. The zero-order valence-corrected chi connectivity index (χ0v) is 42.3. The summed E-state index contributed by atoms with van der Waals surface area (Å²) in [6.45, 7) is 8.48. The van der Waals surface area contributed by atoms with Crippen LogP contribution in [0.2, 0.25) is 0 Å². The molecule has 2 rings (SSSR count). The fourth-order valence-electron chi connectivity index (χ4n) is 7.45. The normalized spacial score (nSPS) is 16.9. The van der Waals surface area contributed by atoms with Gasteiger partial charge in [-0.3, -0.25) is 14.2 Å². The predicted molar refractivity (Wildman–Crippen MR) is 257 cm³/mol. The minimum absolute atomic E-state index is 0.0476. The number of nitrogens with zero attached hydrogens (tertiary/aromatic N) is 1. The van der Waals surface area contributed by atoms with Gasteiger partial charge in [-0.25, -0.2) is 0 Å². The van der Waals surface area contributed by atoms with Crippen LogP contribution < -0.4 is 4.89 Å². The smallest absolute Gasteiger partial charge is 0.306 e. The zero-order chi connectivity index (χ0) is 46.9. The Morgan fingerprint density at radius 1 is 0.672 bits per heavy atom. The average molecular weight is 920 g/mol. The SMILES string of the molecule is CCCCCc1oc(CCCCCCCCCCCCC(=O)O[C@H](COC(=O)CCC/C=C\C/C=C\C/C=C\CC2OC2CCCCC)COP(=O)([O-])OCC[N+](C)(C)C)c(C)c1C. The molecule has 0 saturated carbocycles. The summed E-state index contributed by atoms with van der Waals surface area (Å²) in [6.07, 6.45) is 38.8. The molecule has 0 aliphatic carbocycles. The number of hydrogen-bond donors (Lipinski definition) is 0. The van der Waals surface area contributed by atoms with Crippen LogP contribution in [0, 0.1) is 13.8 Å². The number of likely N-dealkylation sites (N-methyl/N-ethyl adjacent to an activating group) is 1. The van der Waals surface area contributed by atoms with Crippen LogP contribution in [0.5, 0.6) is 0 Å². The number of ether oxygens (including phenoxy) is 3. The molecule has 1 aromatic rings. The largest absolute Gasteiger partial charge is 0.756 e. The predicted octanol–water partition coefficient (Wildman–Crippen LogP) is 12.5. The van der Waals surface area contributed by atoms with Gasteiger partial charge in [0.05, 0.1) is 40.0 Å². The van der Waals surface area contributed by atoms with Crippen molar-refractivity contribution in [3.63, 3.8) is 0 Å². The van der Waals surface area contributed by atoms with Gasteiger partial charge in [0.2, 0.25) is 0 Å². The zero-order valence-electron chi connectivity index (χ0n) is 41.4. The molecular weight excluding hydrogens is 830 g/mol. The van der Waals surface area contributed by atoms with Crippen LogP contribution >= 0.6 is 7.82 Å². The molecule has 4 atom stereocenters. The highest BCUT2D eigenvalue weighted by molar-refractivity contribution is 7.45. The molecule has 2 heterocycles. The molecule has 0 bridgehead atoms. The first-order valence-corrected chi connectivity index (χ1v) is 26.6. The lowest BCUT2D eigenvalue weighted by molar-refractivity contribution is -0.870. The van der Waals surface area contributed by atoms with Crippen LogP contribution in [0.1, 0.15) is 191 Å². The summed E-state index contributed by atoms with van der Waals surface area (Å²) in [6, 6.07) is 0. The molecule has 64 heavy (non-hydrogen) atoms. The van der Waals surface area contributed by atoms with E-state index >= 15 is 0 Å². The number of phosphoric ester groups is 1. The van der Waals surface area contributed by atoms with Crippen molar-refractivity contribution in [3.8, 4) is 0 Å². The van der Waals surface area contributed by atoms with Crippen molar-refractivity contribution < 1.29 is 51.2 Å². The van der Waals surface area contributed by atoms with Crippen molar-refractivity contribution in [2.75, 3.05) is 47.5 Å². The topological polar surface area (TPSA) is 137 Å². The minimum Gasteiger partial charge on any atom is -0.756 e. The van der Waals surface area contributed by atoms with Crippen LogP contribution in [-0.2, 0) is 50.3 Å². The highest BCUT2D eigenvalue weighted by atomic mass is 31.2. The van der Waals surface area contributed by atoms with Gasteiger partial charge in [-0.1, -0.05) is 134 Å². The molecule has 11 nitrogen and oxygen atoms in total. The number of allylic oxidation sites excluding steroid dienone is 5. The van der Waals surface area contributed by atoms with Crippen LogP contribution in [-0.4, -0.2) is 82.2 Å². The van der Waals surface area contributed by atoms with E-state index in [-0.39, 0.29) is 26.1 Å². The number of hydrogen-bond acceptors (Lipinski definition) is 10. The Labute approximate surface area is 389 Å². The molecule has 368 valence electrons. The standard InChI is InChI=1S/C52H90NO10P/c1-8-10-28-34-47-44(3)45(4)48(62-47)35-30-24-20-16-12-15-19-23-27-33-39-52(55)61-46(43-60-64(56,57)59-41-40-53(5,6)7)42-58-51(54)38-32-26-22-18-14-13-17-21-25-31-37-50-49(63-50)36-29-11-9-2/h13,17-18,22,25,31,46,49-50H,8-12,14-16,19-21,23-24,26-30,32-43H2,1-7H3/b17-13-,22-18-,31-25-/t46-,49?,50?/m1/s1. The number of aryl methyl sites for hydroxylation is 2. The van der Waals surface area contributed by atoms with E-state index in [2.05, 4.69) is 64.2 Å². The Balaban J connectivity index is 1.61. The van der Waals surface area contributed by atoms with Gasteiger partial charge in [0.1, 0.15) is 31.3 Å². The molecule has 0 spiro atoms. The summed E-state index contributed by atoms with van der Waals surface area (Å²) in [7, 11) is 1.11. The van der Waals surface area contributed by atoms with Crippen molar-refractivity contribution >= 4 is 19.8 Å². The van der Waals surface area contributed by atoms with Crippen molar-refractivity contribution in [2.45, 2.75) is 213 Å². The maximum Gasteiger partial charge on any atom is 0.306 e. The average Bonchev–Trinajstić information content (AvgIpc) is 3.94. The van der Waals surface area contributed by atoms with Crippen molar-refractivity contribution in [2.24, 2.45) is 0 Å². The molecule has 1 fully saturated rings. The van der Waals surface area contributed by atoms with Gasteiger partial charge < -0.3 is 37.1 Å². The second kappa shape index (κ2) is 34.7. The van der Waals surface area contributed by atoms with Crippen molar-refractivity contribution in [3.05, 3.63) is 59.1 Å². The lowest BCUT2D eigenvalue weighted by Gasteiger charge is -2.28. The summed E-state index contributed by atoms with van der Waals surface area (Å²) in [5, 5.41) is 0. The molecule has 1 aliphatic heterocycles. The van der Waals surface area contributed by atoms with E-state index in [9.17, 15) is 19.0 Å². The lowest BCUT2D eigenvalue weighted by atomic mass is 10.0. The van der Waals surface area contributed by atoms with Gasteiger partial charge in [-0.2, -0.15) is 0 Å². The van der Waals surface area contributed by atoms with E-state index in [0.717, 1.165) is 57.8 Å². The fourth-order valence-corrected chi connectivity index (χ4v) is 8.18. The van der Waals surface area contributed by atoms with Gasteiger partial charge in [-0.15, -0.1) is 0 Å². The third kappa shape index (κ3) is 29.9. The number of esters is 2. The number of quaternary nitrogens is 1.